The van der Waals surface area contributed by atoms with Gasteiger partial charge in [0.05, 0.1) is 6.10 Å². The number of likely N-dealkylation sites (tertiary alicyclic amines) is 1. The minimum absolute atomic E-state index is 0.0736. The van der Waals surface area contributed by atoms with Gasteiger partial charge in [0, 0.05) is 40.3 Å². The van der Waals surface area contributed by atoms with Crippen LogP contribution >= 0.6 is 11.3 Å². The summed E-state index contributed by atoms with van der Waals surface area (Å²) in [5, 5.41) is 2.93. The van der Waals surface area contributed by atoms with Crippen molar-refractivity contribution < 1.29 is 13.9 Å². The maximum atomic E-state index is 13.5. The van der Waals surface area contributed by atoms with Crippen molar-refractivity contribution in [2.75, 3.05) is 13.1 Å². The molecule has 0 radical (unpaired) electrons. The van der Waals surface area contributed by atoms with Gasteiger partial charge < -0.3 is 10.1 Å². The van der Waals surface area contributed by atoms with Crippen LogP contribution in [-0.4, -0.2) is 41.2 Å². The lowest BCUT2D eigenvalue weighted by Gasteiger charge is -2.40. The number of carbonyl (C=O) groups is 1. The van der Waals surface area contributed by atoms with Crippen molar-refractivity contribution in [3.8, 4) is 0 Å². The third kappa shape index (κ3) is 5.67. The van der Waals surface area contributed by atoms with E-state index < -0.39 is 0 Å². The Bertz CT molecular complexity index is 912. The number of nitrogens with one attached hydrogen (secondary N) is 1. The highest BCUT2D eigenvalue weighted by molar-refractivity contribution is 7.10. The first-order chi connectivity index (χ1) is 15.0. The maximum Gasteiger partial charge on any atom is 0.407 e. The fraction of sp³-hybridized carbons (Fsp3) is 0.600. The molecule has 1 saturated heterocycles. The van der Waals surface area contributed by atoms with Crippen LogP contribution in [0.3, 0.4) is 0 Å². The van der Waals surface area contributed by atoms with E-state index in [0.29, 0.717) is 0 Å². The monoisotopic (exact) mass is 461 g/mol. The van der Waals surface area contributed by atoms with E-state index in [-0.39, 0.29) is 34.3 Å². The molecular weight excluding hydrogens is 425 g/mol. The number of carbonyl (C=O) groups excluding carboxylic acids is 1. The van der Waals surface area contributed by atoms with E-state index >= 15 is 0 Å². The molecule has 3 rings (SSSR count). The topological polar surface area (TPSA) is 54.5 Å². The second-order valence-electron chi connectivity index (χ2n) is 9.81. The molecule has 2 atom stereocenters. The molecule has 0 bridgehead atoms. The summed E-state index contributed by atoms with van der Waals surface area (Å²) in [6, 6.07) is 7.53. The minimum atomic E-state index is -0.380. The Kier molecular flexibility index (Phi) is 7.61. The first kappa shape index (κ1) is 24.6. The third-order valence-corrected chi connectivity index (χ3v) is 7.82. The van der Waals surface area contributed by atoms with Gasteiger partial charge in [-0.2, -0.15) is 4.39 Å². The molecule has 0 aliphatic carbocycles. The van der Waals surface area contributed by atoms with Crippen LogP contribution in [0.5, 0.6) is 0 Å². The van der Waals surface area contributed by atoms with Crippen molar-refractivity contribution in [1.82, 2.24) is 15.2 Å². The second kappa shape index (κ2) is 9.87. The van der Waals surface area contributed by atoms with Gasteiger partial charge >= 0.3 is 6.09 Å². The number of thiophene rings is 1. The van der Waals surface area contributed by atoms with E-state index in [9.17, 15) is 9.18 Å². The van der Waals surface area contributed by atoms with Gasteiger partial charge in [-0.15, -0.1) is 11.3 Å². The third-order valence-electron chi connectivity index (χ3n) is 6.89. The molecule has 1 N–H and O–H groups in total. The SMILES string of the molecule is Cc1ccc(C(C)(C)N2CCC(CCc3ccc(F)s3)([C@@H](C)NC(=O)OC(C)C)C2)cn1. The van der Waals surface area contributed by atoms with Crippen molar-refractivity contribution in [2.24, 2.45) is 5.41 Å². The van der Waals surface area contributed by atoms with E-state index in [1.807, 2.05) is 33.0 Å². The molecule has 2 aromatic heterocycles. The highest BCUT2D eigenvalue weighted by Gasteiger charge is 2.47. The van der Waals surface area contributed by atoms with Gasteiger partial charge in [-0.3, -0.25) is 9.88 Å². The van der Waals surface area contributed by atoms with Crippen LogP contribution in [0, 0.1) is 17.5 Å². The quantitative estimate of drug-likeness (QED) is 0.550. The van der Waals surface area contributed by atoms with Crippen LogP contribution in [0.15, 0.2) is 30.5 Å². The summed E-state index contributed by atoms with van der Waals surface area (Å²) in [7, 11) is 0. The molecule has 0 spiro atoms. The average Bonchev–Trinajstić information content (AvgIpc) is 3.33. The lowest BCUT2D eigenvalue weighted by atomic mass is 9.76. The highest BCUT2D eigenvalue weighted by Crippen LogP contribution is 2.44. The lowest BCUT2D eigenvalue weighted by molar-refractivity contribution is 0.0892. The molecule has 1 aliphatic rings. The summed E-state index contributed by atoms with van der Waals surface area (Å²) >= 11 is 1.21. The Morgan fingerprint density at radius 3 is 2.66 bits per heavy atom. The van der Waals surface area contributed by atoms with Crippen molar-refractivity contribution >= 4 is 17.4 Å². The number of pyridine rings is 1. The van der Waals surface area contributed by atoms with Crippen molar-refractivity contribution in [1.29, 1.82) is 0 Å². The van der Waals surface area contributed by atoms with E-state index in [1.165, 1.54) is 23.0 Å². The Hall–Kier alpha value is -1.99. The zero-order chi connectivity index (χ0) is 23.5. The summed E-state index contributed by atoms with van der Waals surface area (Å²) < 4.78 is 18.9. The zero-order valence-electron chi connectivity index (χ0n) is 20.1. The first-order valence-corrected chi connectivity index (χ1v) is 12.2. The molecule has 0 aromatic carbocycles. The highest BCUT2D eigenvalue weighted by atomic mass is 32.1. The number of hydrogen-bond donors (Lipinski definition) is 1. The molecule has 32 heavy (non-hydrogen) atoms. The molecule has 1 amide bonds. The molecule has 7 heteroatoms. The molecule has 0 saturated carbocycles. The van der Waals surface area contributed by atoms with Crippen LogP contribution in [0.1, 0.15) is 63.6 Å². The molecular formula is C25H36FN3O2S. The van der Waals surface area contributed by atoms with Crippen molar-refractivity contribution in [3.05, 3.63) is 51.7 Å². The van der Waals surface area contributed by atoms with Gasteiger partial charge in [-0.25, -0.2) is 4.79 Å². The van der Waals surface area contributed by atoms with E-state index in [4.69, 9.17) is 4.74 Å². The van der Waals surface area contributed by atoms with Crippen molar-refractivity contribution in [3.63, 3.8) is 0 Å². The molecule has 1 unspecified atom stereocenters. The predicted octanol–water partition coefficient (Wildman–Crippen LogP) is 5.67. The maximum absolute atomic E-state index is 13.5. The fourth-order valence-electron chi connectivity index (χ4n) is 4.60. The van der Waals surface area contributed by atoms with E-state index in [0.717, 1.165) is 42.9 Å². The Morgan fingerprint density at radius 2 is 2.06 bits per heavy atom. The Morgan fingerprint density at radius 1 is 1.31 bits per heavy atom. The minimum Gasteiger partial charge on any atom is -0.447 e. The Balaban J connectivity index is 1.80. The summed E-state index contributed by atoms with van der Waals surface area (Å²) in [6.45, 7) is 14.0. The smallest absolute Gasteiger partial charge is 0.407 e. The first-order valence-electron chi connectivity index (χ1n) is 11.4. The number of ether oxygens (including phenoxy) is 1. The Labute approximate surface area is 195 Å². The normalized spacial score (nSPS) is 20.5. The number of halogens is 1. The second-order valence-corrected chi connectivity index (χ2v) is 10.9. The van der Waals surface area contributed by atoms with Crippen LogP contribution in [0.25, 0.3) is 0 Å². The molecule has 1 aliphatic heterocycles. The standard InChI is InChI=1S/C25H36FN3O2S/c1-17(2)31-23(30)28-19(4)25(12-11-21-9-10-22(26)32-21)13-14-29(16-25)24(5,6)20-8-7-18(3)27-15-20/h7-10,15,17,19H,11-14,16H2,1-6H3,(H,28,30)/t19-,25?/m1/s1. The van der Waals surface area contributed by atoms with Gasteiger partial charge in [-0.05, 0) is 91.1 Å². The van der Waals surface area contributed by atoms with Gasteiger partial charge in [0.1, 0.15) is 0 Å². The molecule has 3 heterocycles. The number of aromatic nitrogens is 1. The van der Waals surface area contributed by atoms with Gasteiger partial charge in [0.15, 0.2) is 5.13 Å². The molecule has 176 valence electrons. The number of aryl methyl sites for hydroxylation is 2. The number of rotatable bonds is 8. The van der Waals surface area contributed by atoms with E-state index in [2.05, 4.69) is 48.1 Å². The summed E-state index contributed by atoms with van der Waals surface area (Å²) in [4.78, 5) is 20.4. The van der Waals surface area contributed by atoms with Gasteiger partial charge in [-0.1, -0.05) is 6.07 Å². The van der Waals surface area contributed by atoms with Crippen LogP contribution < -0.4 is 5.32 Å². The molecule has 1 fully saturated rings. The predicted molar refractivity (Wildman–Crippen MR) is 127 cm³/mol. The largest absolute Gasteiger partial charge is 0.447 e. The summed E-state index contributed by atoms with van der Waals surface area (Å²) in [5.74, 6) is 0. The number of amides is 1. The zero-order valence-corrected chi connectivity index (χ0v) is 20.9. The van der Waals surface area contributed by atoms with Gasteiger partial charge in [0.25, 0.3) is 0 Å². The lowest BCUT2D eigenvalue weighted by Crippen LogP contribution is -2.50. The van der Waals surface area contributed by atoms with Crippen LogP contribution in [0.4, 0.5) is 9.18 Å². The summed E-state index contributed by atoms with van der Waals surface area (Å²) in [5.41, 5.74) is 1.87. The summed E-state index contributed by atoms with van der Waals surface area (Å²) in [6.07, 6.45) is 4.03. The fourth-order valence-corrected chi connectivity index (χ4v) is 5.32. The molecule has 2 aromatic rings. The van der Waals surface area contributed by atoms with Crippen LogP contribution in [0.2, 0.25) is 0 Å². The van der Waals surface area contributed by atoms with Crippen LogP contribution in [-0.2, 0) is 16.7 Å². The van der Waals surface area contributed by atoms with Crippen molar-refractivity contribution in [2.45, 2.75) is 78.5 Å². The number of nitrogens with zero attached hydrogens (tertiary/aromatic N) is 2. The van der Waals surface area contributed by atoms with Gasteiger partial charge in [0.2, 0.25) is 0 Å². The number of alkyl carbamates (subject to hydrolysis) is 1. The molecule has 5 nitrogen and oxygen atoms in total. The average molecular weight is 462 g/mol. The number of hydrogen-bond acceptors (Lipinski definition) is 5. The van der Waals surface area contributed by atoms with E-state index in [1.54, 1.807) is 0 Å².